The highest BCUT2D eigenvalue weighted by molar-refractivity contribution is 5.66. The van der Waals surface area contributed by atoms with Crippen molar-refractivity contribution in [3.8, 4) is 11.5 Å². The predicted octanol–water partition coefficient (Wildman–Crippen LogP) is 3.45. The first-order valence-corrected chi connectivity index (χ1v) is 7.66. The molecule has 0 amide bonds. The molecule has 0 radical (unpaired) electrons. The molecule has 2 N–H and O–H groups in total. The number of halogens is 1. The molecule has 118 valence electrons. The van der Waals surface area contributed by atoms with Crippen LogP contribution in [0.3, 0.4) is 0 Å². The lowest BCUT2D eigenvalue weighted by molar-refractivity contribution is 0.444. The number of hydrogen-bond donors (Lipinski definition) is 1. The van der Waals surface area contributed by atoms with E-state index >= 15 is 0 Å². The number of nitrogens with two attached hydrogens (primary N) is 1. The summed E-state index contributed by atoms with van der Waals surface area (Å²) < 4.78 is 21.6. The average Bonchev–Trinajstić information content (AvgIpc) is 3.20. The van der Waals surface area contributed by atoms with Gasteiger partial charge in [0.1, 0.15) is 5.52 Å². The van der Waals surface area contributed by atoms with E-state index in [1.807, 2.05) is 18.3 Å². The quantitative estimate of drug-likeness (QED) is 0.753. The van der Waals surface area contributed by atoms with Crippen LogP contribution in [-0.4, -0.2) is 22.7 Å². The maximum Gasteiger partial charge on any atom is 0.167 e. The first-order chi connectivity index (χ1) is 11.2. The second kappa shape index (κ2) is 5.46. The normalized spacial score (nSPS) is 14.6. The summed E-state index contributed by atoms with van der Waals surface area (Å²) in [6.45, 7) is 2.03. The molecule has 0 spiro atoms. The molecule has 1 saturated heterocycles. The Morgan fingerprint density at radius 1 is 1.09 bits per heavy atom. The smallest absolute Gasteiger partial charge is 0.167 e. The van der Waals surface area contributed by atoms with E-state index in [4.69, 9.17) is 10.5 Å². The largest absolute Gasteiger partial charge is 0.452 e. The Kier molecular flexibility index (Phi) is 3.29. The van der Waals surface area contributed by atoms with Crippen molar-refractivity contribution >= 4 is 16.9 Å². The van der Waals surface area contributed by atoms with E-state index in [9.17, 15) is 4.39 Å². The SMILES string of the molecule is Nc1ccc(Oc2cc(N3CCCC3)cn3nccc23)c(F)c1. The lowest BCUT2D eigenvalue weighted by atomic mass is 10.3. The summed E-state index contributed by atoms with van der Waals surface area (Å²) in [4.78, 5) is 2.29. The van der Waals surface area contributed by atoms with Crippen LogP contribution in [0.5, 0.6) is 11.5 Å². The van der Waals surface area contributed by atoms with E-state index in [-0.39, 0.29) is 5.75 Å². The van der Waals surface area contributed by atoms with Crippen molar-refractivity contribution in [2.24, 2.45) is 0 Å². The molecule has 2 aromatic heterocycles. The maximum atomic E-state index is 14.0. The molecule has 0 aliphatic carbocycles. The molecule has 5 nitrogen and oxygen atoms in total. The molecule has 0 saturated carbocycles. The van der Waals surface area contributed by atoms with E-state index in [2.05, 4.69) is 10.00 Å². The fourth-order valence-electron chi connectivity index (χ4n) is 2.93. The zero-order valence-electron chi connectivity index (χ0n) is 12.6. The Morgan fingerprint density at radius 3 is 2.70 bits per heavy atom. The Hall–Kier alpha value is -2.76. The first-order valence-electron chi connectivity index (χ1n) is 7.66. The molecule has 0 unspecified atom stereocenters. The van der Waals surface area contributed by atoms with Crippen LogP contribution in [0.15, 0.2) is 42.7 Å². The molecule has 0 atom stereocenters. The number of nitrogens with zero attached hydrogens (tertiary/aromatic N) is 3. The van der Waals surface area contributed by atoms with Gasteiger partial charge in [-0.25, -0.2) is 8.91 Å². The van der Waals surface area contributed by atoms with Gasteiger partial charge >= 0.3 is 0 Å². The Morgan fingerprint density at radius 2 is 1.91 bits per heavy atom. The number of nitrogen functional groups attached to an aromatic ring is 1. The third kappa shape index (κ3) is 2.56. The number of aromatic nitrogens is 2. The molecule has 4 rings (SSSR count). The molecule has 3 heterocycles. The Labute approximate surface area is 133 Å². The summed E-state index contributed by atoms with van der Waals surface area (Å²) in [6, 6.07) is 8.21. The van der Waals surface area contributed by atoms with Gasteiger partial charge in [-0.2, -0.15) is 5.10 Å². The number of rotatable bonds is 3. The van der Waals surface area contributed by atoms with Gasteiger partial charge in [0.05, 0.1) is 18.1 Å². The van der Waals surface area contributed by atoms with E-state index in [1.54, 1.807) is 22.8 Å². The van der Waals surface area contributed by atoms with Crippen LogP contribution in [0.2, 0.25) is 0 Å². The van der Waals surface area contributed by atoms with Crippen LogP contribution in [0.4, 0.5) is 15.8 Å². The van der Waals surface area contributed by atoms with E-state index in [0.717, 1.165) is 24.3 Å². The molecule has 1 fully saturated rings. The van der Waals surface area contributed by atoms with Gasteiger partial charge in [0.25, 0.3) is 0 Å². The summed E-state index contributed by atoms with van der Waals surface area (Å²) in [5.41, 5.74) is 7.78. The number of pyridine rings is 1. The Bertz CT molecular complexity index is 855. The van der Waals surface area contributed by atoms with Crippen molar-refractivity contribution in [2.75, 3.05) is 23.7 Å². The van der Waals surface area contributed by atoms with Crippen molar-refractivity contribution in [1.29, 1.82) is 0 Å². The molecule has 23 heavy (non-hydrogen) atoms. The van der Waals surface area contributed by atoms with Crippen LogP contribution < -0.4 is 15.4 Å². The lowest BCUT2D eigenvalue weighted by Crippen LogP contribution is -2.18. The van der Waals surface area contributed by atoms with E-state index < -0.39 is 5.82 Å². The third-order valence-corrected chi connectivity index (χ3v) is 4.10. The van der Waals surface area contributed by atoms with Gasteiger partial charge < -0.3 is 15.4 Å². The number of ether oxygens (including phenoxy) is 1. The maximum absolute atomic E-state index is 14.0. The number of fused-ring (bicyclic) bond motifs is 1. The molecule has 1 aliphatic heterocycles. The highest BCUT2D eigenvalue weighted by atomic mass is 19.1. The lowest BCUT2D eigenvalue weighted by Gasteiger charge is -2.19. The first kappa shape index (κ1) is 13.9. The van der Waals surface area contributed by atoms with Crippen molar-refractivity contribution < 1.29 is 9.13 Å². The van der Waals surface area contributed by atoms with Crippen LogP contribution in [0, 0.1) is 5.82 Å². The average molecular weight is 312 g/mol. The zero-order valence-corrected chi connectivity index (χ0v) is 12.6. The van der Waals surface area contributed by atoms with Gasteiger partial charge in [0.15, 0.2) is 17.3 Å². The fourth-order valence-corrected chi connectivity index (χ4v) is 2.93. The molecule has 0 bridgehead atoms. The summed E-state index contributed by atoms with van der Waals surface area (Å²) in [7, 11) is 0. The number of hydrogen-bond acceptors (Lipinski definition) is 4. The van der Waals surface area contributed by atoms with Gasteiger partial charge in [-0.05, 0) is 31.0 Å². The fraction of sp³-hybridized carbons (Fsp3) is 0.235. The molecule has 1 aliphatic rings. The summed E-state index contributed by atoms with van der Waals surface area (Å²) in [5, 5.41) is 4.29. The topological polar surface area (TPSA) is 55.8 Å². The van der Waals surface area contributed by atoms with Gasteiger partial charge in [-0.15, -0.1) is 0 Å². The van der Waals surface area contributed by atoms with E-state index in [0.29, 0.717) is 11.4 Å². The molecule has 1 aromatic carbocycles. The molecule has 6 heteroatoms. The minimum Gasteiger partial charge on any atom is -0.452 e. The van der Waals surface area contributed by atoms with Gasteiger partial charge in [-0.1, -0.05) is 0 Å². The van der Waals surface area contributed by atoms with Gasteiger partial charge in [0.2, 0.25) is 0 Å². The van der Waals surface area contributed by atoms with Gasteiger partial charge in [0, 0.05) is 30.9 Å². The summed E-state index contributed by atoms with van der Waals surface area (Å²) >= 11 is 0. The van der Waals surface area contributed by atoms with Crippen LogP contribution >= 0.6 is 0 Å². The van der Waals surface area contributed by atoms with Crippen molar-refractivity contribution in [3.63, 3.8) is 0 Å². The van der Waals surface area contributed by atoms with Crippen LogP contribution in [0.1, 0.15) is 12.8 Å². The highest BCUT2D eigenvalue weighted by Crippen LogP contribution is 2.33. The molecule has 3 aromatic rings. The second-order valence-electron chi connectivity index (χ2n) is 5.71. The Balaban J connectivity index is 1.76. The van der Waals surface area contributed by atoms with E-state index in [1.165, 1.54) is 18.9 Å². The van der Waals surface area contributed by atoms with Crippen molar-refractivity contribution in [3.05, 3.63) is 48.5 Å². The number of anilines is 2. The second-order valence-corrected chi connectivity index (χ2v) is 5.71. The van der Waals surface area contributed by atoms with Crippen LogP contribution in [-0.2, 0) is 0 Å². The van der Waals surface area contributed by atoms with Crippen molar-refractivity contribution in [1.82, 2.24) is 9.61 Å². The standard InChI is InChI=1S/C17H17FN4O/c18-14-9-12(19)3-4-16(14)23-17-10-13(21-7-1-2-8-21)11-22-15(17)5-6-20-22/h3-6,9-11H,1-2,7-8,19H2. The van der Waals surface area contributed by atoms with Gasteiger partial charge in [-0.3, -0.25) is 0 Å². The zero-order chi connectivity index (χ0) is 15.8. The molecular formula is C17H17FN4O. The van der Waals surface area contributed by atoms with Crippen LogP contribution in [0.25, 0.3) is 5.52 Å². The minimum atomic E-state index is -0.478. The summed E-state index contributed by atoms with van der Waals surface area (Å²) in [6.07, 6.45) is 6.04. The highest BCUT2D eigenvalue weighted by Gasteiger charge is 2.16. The minimum absolute atomic E-state index is 0.154. The molecular weight excluding hydrogens is 295 g/mol. The van der Waals surface area contributed by atoms with Crippen molar-refractivity contribution in [2.45, 2.75) is 12.8 Å². The monoisotopic (exact) mass is 312 g/mol. The summed E-state index contributed by atoms with van der Waals surface area (Å²) in [5.74, 6) is 0.255. The predicted molar refractivity (Wildman–Crippen MR) is 87.5 cm³/mol. The number of benzene rings is 1. The third-order valence-electron chi connectivity index (χ3n) is 4.10.